The fourth-order valence-electron chi connectivity index (χ4n) is 2.84. The highest BCUT2D eigenvalue weighted by Crippen LogP contribution is 2.31. The van der Waals surface area contributed by atoms with Gasteiger partial charge in [-0.05, 0) is 23.8 Å². The van der Waals surface area contributed by atoms with E-state index >= 15 is 0 Å². The Balaban J connectivity index is 1.65. The third-order valence-electron chi connectivity index (χ3n) is 4.10. The van der Waals surface area contributed by atoms with Gasteiger partial charge in [0.1, 0.15) is 37.1 Å². The number of ether oxygens (including phenoxy) is 1. The molecule has 0 bridgehead atoms. The van der Waals surface area contributed by atoms with Crippen molar-refractivity contribution in [3.05, 3.63) is 83.4 Å². The molecule has 1 atom stereocenters. The average molecular weight is 355 g/mol. The molecule has 0 radical (unpaired) electrons. The molecule has 25 heavy (non-hydrogen) atoms. The lowest BCUT2D eigenvalue weighted by Crippen LogP contribution is -2.48. The van der Waals surface area contributed by atoms with Crippen LogP contribution in [0.15, 0.2) is 72.4 Å². The lowest BCUT2D eigenvalue weighted by Gasteiger charge is -2.24. The van der Waals surface area contributed by atoms with Crippen molar-refractivity contribution in [1.82, 2.24) is 4.98 Å². The van der Waals surface area contributed by atoms with E-state index in [1.165, 1.54) is 0 Å². The van der Waals surface area contributed by atoms with E-state index in [9.17, 15) is 0 Å². The van der Waals surface area contributed by atoms with Crippen LogP contribution in [-0.4, -0.2) is 17.3 Å². The smallest absolute Gasteiger partial charge is 0.242 e. The van der Waals surface area contributed by atoms with Gasteiger partial charge in [-0.3, -0.25) is 4.98 Å². The molecule has 2 heterocycles. The number of H-pyrrole nitrogens is 1. The Kier molecular flexibility index (Phi) is 4.39. The van der Waals surface area contributed by atoms with E-state index in [0.717, 1.165) is 22.6 Å². The number of aromatic nitrogens is 2. The molecule has 0 fully saturated rings. The lowest BCUT2D eigenvalue weighted by atomic mass is 10.00. The molecular weight excluding hydrogens is 338 g/mol. The zero-order valence-corrected chi connectivity index (χ0v) is 14.2. The van der Waals surface area contributed by atoms with Crippen LogP contribution in [0.5, 0.6) is 5.75 Å². The van der Waals surface area contributed by atoms with Gasteiger partial charge < -0.3 is 9.57 Å². The van der Waals surface area contributed by atoms with Crippen LogP contribution in [-0.2, 0) is 11.4 Å². The van der Waals surface area contributed by atoms with Crippen LogP contribution < -0.4 is 9.30 Å². The maximum Gasteiger partial charge on any atom is 0.242 e. The quantitative estimate of drug-likeness (QED) is 0.575. The highest BCUT2D eigenvalue weighted by atomic mass is 35.5. The Morgan fingerprint density at radius 2 is 2.12 bits per heavy atom. The van der Waals surface area contributed by atoms with Gasteiger partial charge in [0.25, 0.3) is 0 Å². The van der Waals surface area contributed by atoms with E-state index < -0.39 is 0 Å². The van der Waals surface area contributed by atoms with Crippen molar-refractivity contribution in [3.8, 4) is 5.75 Å². The number of imidazole rings is 1. The first-order valence-electron chi connectivity index (χ1n) is 8.01. The first-order chi connectivity index (χ1) is 12.3. The lowest BCUT2D eigenvalue weighted by molar-refractivity contribution is -0.706. The Morgan fingerprint density at radius 1 is 1.24 bits per heavy atom. The van der Waals surface area contributed by atoms with Crippen LogP contribution in [0.4, 0.5) is 0 Å². The highest BCUT2D eigenvalue weighted by Gasteiger charge is 2.32. The number of hydrogen-bond donors (Lipinski definition) is 1. The van der Waals surface area contributed by atoms with E-state index in [4.69, 9.17) is 21.2 Å². The number of halogens is 1. The third-order valence-corrected chi connectivity index (χ3v) is 4.33. The zero-order valence-electron chi connectivity index (χ0n) is 13.4. The molecule has 1 aliphatic heterocycles. The van der Waals surface area contributed by atoms with Gasteiger partial charge in [0.15, 0.2) is 6.04 Å². The second kappa shape index (κ2) is 6.99. The predicted molar refractivity (Wildman–Crippen MR) is 94.7 cm³/mol. The summed E-state index contributed by atoms with van der Waals surface area (Å²) in [6.45, 7) is 0.877. The Labute approximate surface area is 150 Å². The minimum Gasteiger partial charge on any atom is -0.488 e. The van der Waals surface area contributed by atoms with E-state index in [1.54, 1.807) is 0 Å². The van der Waals surface area contributed by atoms with Crippen LogP contribution in [0.25, 0.3) is 0 Å². The Hall–Kier alpha value is -2.79. The second-order valence-electron chi connectivity index (χ2n) is 5.76. The van der Waals surface area contributed by atoms with E-state index in [-0.39, 0.29) is 6.04 Å². The summed E-state index contributed by atoms with van der Waals surface area (Å²) in [7, 11) is 0. The normalized spacial score (nSPS) is 17.8. The molecule has 4 rings (SSSR count). The predicted octanol–water partition coefficient (Wildman–Crippen LogP) is 3.51. The fraction of sp³-hybridized carbons (Fsp3) is 0.158. The van der Waals surface area contributed by atoms with E-state index in [1.807, 2.05) is 71.8 Å². The number of oxime groups is 1. The second-order valence-corrected chi connectivity index (χ2v) is 6.20. The zero-order chi connectivity index (χ0) is 17.1. The minimum atomic E-state index is -0.0734. The molecule has 1 N–H and O–H groups in total. The maximum absolute atomic E-state index is 6.08. The van der Waals surface area contributed by atoms with Gasteiger partial charge in [0.2, 0.25) is 6.33 Å². The van der Waals surface area contributed by atoms with Gasteiger partial charge in [0, 0.05) is 10.6 Å². The van der Waals surface area contributed by atoms with Gasteiger partial charge in [0.05, 0.1) is 0 Å². The molecule has 6 heteroatoms. The van der Waals surface area contributed by atoms with Crippen LogP contribution in [0.1, 0.15) is 17.2 Å². The fourth-order valence-corrected chi connectivity index (χ4v) is 3.00. The first kappa shape index (κ1) is 15.7. The molecule has 0 saturated carbocycles. The highest BCUT2D eigenvalue weighted by molar-refractivity contribution is 6.31. The summed E-state index contributed by atoms with van der Waals surface area (Å²) in [6, 6.07) is 15.4. The molecule has 1 unspecified atom stereocenters. The average Bonchev–Trinajstić information content (AvgIpc) is 3.17. The number of hydrogen-bond acceptors (Lipinski definition) is 3. The van der Waals surface area contributed by atoms with Gasteiger partial charge in [-0.2, -0.15) is 0 Å². The van der Waals surface area contributed by atoms with Crippen molar-refractivity contribution in [2.24, 2.45) is 5.16 Å². The molecule has 0 aliphatic carbocycles. The van der Waals surface area contributed by atoms with E-state index in [0.29, 0.717) is 18.2 Å². The van der Waals surface area contributed by atoms with Gasteiger partial charge in [-0.25, -0.2) is 4.57 Å². The van der Waals surface area contributed by atoms with Crippen LogP contribution in [0.2, 0.25) is 5.02 Å². The van der Waals surface area contributed by atoms with Crippen LogP contribution >= 0.6 is 11.6 Å². The van der Waals surface area contributed by atoms with Crippen molar-refractivity contribution >= 4 is 17.3 Å². The standard InChI is InChI=1S/C19H16ClN3O2/c20-15-6-7-16-18(10-15)24-12-17(23-9-8-21-13-23)19(16)22-25-11-14-4-2-1-3-5-14/h1-10,13,17H,11-12H2/p+1/b22-19-. The summed E-state index contributed by atoms with van der Waals surface area (Å²) in [4.78, 5) is 8.70. The Morgan fingerprint density at radius 3 is 2.92 bits per heavy atom. The van der Waals surface area contributed by atoms with E-state index in [2.05, 4.69) is 10.1 Å². The van der Waals surface area contributed by atoms with Crippen LogP contribution in [0, 0.1) is 0 Å². The summed E-state index contributed by atoms with van der Waals surface area (Å²) >= 11 is 6.08. The summed E-state index contributed by atoms with van der Waals surface area (Å²) in [5.41, 5.74) is 2.78. The number of benzene rings is 2. The summed E-state index contributed by atoms with van der Waals surface area (Å²) in [6.07, 6.45) is 5.68. The number of fused-ring (bicyclic) bond motifs is 1. The monoisotopic (exact) mass is 354 g/mol. The molecule has 3 aromatic rings. The topological polar surface area (TPSA) is 50.5 Å². The summed E-state index contributed by atoms with van der Waals surface area (Å²) < 4.78 is 7.90. The summed E-state index contributed by atoms with van der Waals surface area (Å²) in [5.74, 6) is 0.724. The molecule has 0 amide bonds. The molecule has 0 spiro atoms. The van der Waals surface area contributed by atoms with Crippen molar-refractivity contribution in [1.29, 1.82) is 0 Å². The van der Waals surface area contributed by atoms with Crippen molar-refractivity contribution in [2.45, 2.75) is 12.6 Å². The van der Waals surface area contributed by atoms with Crippen molar-refractivity contribution < 1.29 is 14.1 Å². The molecule has 2 aromatic carbocycles. The number of rotatable bonds is 4. The molecule has 0 saturated heterocycles. The Bertz CT molecular complexity index is 879. The third kappa shape index (κ3) is 3.37. The number of nitrogens with zero attached hydrogens (tertiary/aromatic N) is 2. The van der Waals surface area contributed by atoms with Crippen molar-refractivity contribution in [3.63, 3.8) is 0 Å². The molecule has 5 nitrogen and oxygen atoms in total. The first-order valence-corrected chi connectivity index (χ1v) is 8.39. The molecular formula is C19H17ClN3O2+. The summed E-state index contributed by atoms with van der Waals surface area (Å²) in [5, 5.41) is 5.08. The van der Waals surface area contributed by atoms with Crippen molar-refractivity contribution in [2.75, 3.05) is 6.61 Å². The molecule has 126 valence electrons. The number of nitrogens with one attached hydrogen (secondary N) is 1. The largest absolute Gasteiger partial charge is 0.488 e. The molecule has 1 aliphatic rings. The molecule has 1 aromatic heterocycles. The SMILES string of the molecule is Clc1ccc2c(c1)OCC([n+]1cc[nH]c1)/C2=N\OCc1ccccc1. The van der Waals surface area contributed by atoms with Gasteiger partial charge >= 0.3 is 0 Å². The van der Waals surface area contributed by atoms with Crippen LogP contribution in [0.3, 0.4) is 0 Å². The number of aromatic amines is 1. The van der Waals surface area contributed by atoms with Gasteiger partial charge in [-0.15, -0.1) is 0 Å². The van der Waals surface area contributed by atoms with Gasteiger partial charge in [-0.1, -0.05) is 47.1 Å². The minimum absolute atomic E-state index is 0.0734. The maximum atomic E-state index is 6.08.